The Labute approximate surface area is 154 Å². The highest BCUT2D eigenvalue weighted by Gasteiger charge is 2.13. The largest absolute Gasteiger partial charge is 0.342 e. The van der Waals surface area contributed by atoms with Crippen LogP contribution < -0.4 is 5.32 Å². The van der Waals surface area contributed by atoms with Crippen LogP contribution in [0.25, 0.3) is 11.4 Å². The number of rotatable bonds is 5. The van der Waals surface area contributed by atoms with Crippen LogP contribution in [0, 0.1) is 11.6 Å². The third-order valence-electron chi connectivity index (χ3n) is 3.86. The fourth-order valence-corrected chi connectivity index (χ4v) is 2.79. The minimum atomic E-state index is -0.735. The molecule has 0 radical (unpaired) electrons. The van der Waals surface area contributed by atoms with Crippen molar-refractivity contribution in [2.75, 3.05) is 5.32 Å². The van der Waals surface area contributed by atoms with Crippen LogP contribution in [0.15, 0.2) is 42.6 Å². The lowest BCUT2D eigenvalue weighted by Crippen LogP contribution is -2.10. The van der Waals surface area contributed by atoms with Crippen LogP contribution in [0.4, 0.5) is 14.5 Å². The van der Waals surface area contributed by atoms with Gasteiger partial charge in [0.2, 0.25) is 5.91 Å². The number of hydrogen-bond acceptors (Lipinski definition) is 2. The van der Waals surface area contributed by atoms with Gasteiger partial charge in [0.1, 0.15) is 17.5 Å². The molecule has 0 aliphatic heterocycles. The summed E-state index contributed by atoms with van der Waals surface area (Å²) >= 11 is 5.88. The highest BCUT2D eigenvalue weighted by Crippen LogP contribution is 2.24. The van der Waals surface area contributed by atoms with Crippen molar-refractivity contribution < 1.29 is 13.6 Å². The number of imidazole rings is 1. The summed E-state index contributed by atoms with van der Waals surface area (Å²) in [5.74, 6) is -1.13. The minimum Gasteiger partial charge on any atom is -0.342 e. The Hall–Kier alpha value is -2.73. The second kappa shape index (κ2) is 7.66. The Morgan fingerprint density at radius 2 is 1.92 bits per heavy atom. The number of amides is 1. The molecule has 0 fully saturated rings. The first kappa shape index (κ1) is 18.1. The molecule has 0 spiro atoms. The number of H-pyrrole nitrogens is 1. The van der Waals surface area contributed by atoms with Gasteiger partial charge in [-0.15, -0.1) is 0 Å². The molecule has 1 aromatic heterocycles. The van der Waals surface area contributed by atoms with Crippen LogP contribution in [0.1, 0.15) is 18.2 Å². The molecule has 0 bridgehead atoms. The normalized spacial score (nSPS) is 10.8. The van der Waals surface area contributed by atoms with E-state index in [1.807, 2.05) is 12.1 Å². The van der Waals surface area contributed by atoms with Gasteiger partial charge in [-0.05, 0) is 43.2 Å². The predicted octanol–water partition coefficient (Wildman–Crippen LogP) is 4.75. The first-order valence-electron chi connectivity index (χ1n) is 7.97. The maximum atomic E-state index is 14.1. The van der Waals surface area contributed by atoms with Crippen LogP contribution in [0.2, 0.25) is 5.02 Å². The van der Waals surface area contributed by atoms with E-state index >= 15 is 0 Å². The van der Waals surface area contributed by atoms with Gasteiger partial charge in [-0.1, -0.05) is 11.6 Å². The number of nitrogens with zero attached hydrogens (tertiary/aromatic N) is 1. The van der Waals surface area contributed by atoms with Gasteiger partial charge in [0.25, 0.3) is 0 Å². The maximum Gasteiger partial charge on any atom is 0.221 e. The lowest BCUT2D eigenvalue weighted by Gasteiger charge is -2.11. The molecule has 3 aromatic rings. The van der Waals surface area contributed by atoms with Crippen molar-refractivity contribution in [2.45, 2.75) is 19.8 Å². The van der Waals surface area contributed by atoms with E-state index in [4.69, 9.17) is 11.6 Å². The summed E-state index contributed by atoms with van der Waals surface area (Å²) in [6, 6.07) is 9.16. The Morgan fingerprint density at radius 1 is 1.19 bits per heavy atom. The van der Waals surface area contributed by atoms with E-state index in [2.05, 4.69) is 15.3 Å². The van der Waals surface area contributed by atoms with Gasteiger partial charge in [0.05, 0.1) is 0 Å². The maximum absolute atomic E-state index is 14.1. The number of nitrogens with one attached hydrogen (secondary N) is 2. The molecule has 0 aliphatic rings. The SMILES string of the molecule is CC(=O)Nc1cc(F)cc(F)c1CCc1cnc(-c2ccc(Cl)cc2)[nH]1. The number of anilines is 1. The van der Waals surface area contributed by atoms with Crippen molar-refractivity contribution in [1.82, 2.24) is 9.97 Å². The summed E-state index contributed by atoms with van der Waals surface area (Å²) in [5.41, 5.74) is 2.08. The van der Waals surface area contributed by atoms with E-state index in [0.717, 1.165) is 23.4 Å². The quantitative estimate of drug-likeness (QED) is 0.676. The number of halogens is 3. The van der Waals surface area contributed by atoms with Gasteiger partial charge in [-0.3, -0.25) is 4.79 Å². The van der Waals surface area contributed by atoms with E-state index in [0.29, 0.717) is 17.3 Å². The fraction of sp³-hybridized carbons (Fsp3) is 0.158. The molecule has 2 aromatic carbocycles. The molecule has 2 N–H and O–H groups in total. The molecule has 0 atom stereocenters. The second-order valence-corrected chi connectivity index (χ2v) is 6.30. The standard InChI is InChI=1S/C19H16ClF2N3O/c1-11(26)24-18-9-14(21)8-17(22)16(18)7-6-15-10-23-19(25-15)12-2-4-13(20)5-3-12/h2-5,8-10H,6-7H2,1H3,(H,23,25)(H,24,26). The molecule has 7 heteroatoms. The molecule has 3 rings (SSSR count). The first-order valence-corrected chi connectivity index (χ1v) is 8.35. The highest BCUT2D eigenvalue weighted by molar-refractivity contribution is 6.30. The van der Waals surface area contributed by atoms with Crippen LogP contribution in [-0.2, 0) is 17.6 Å². The zero-order valence-electron chi connectivity index (χ0n) is 13.9. The van der Waals surface area contributed by atoms with Crippen molar-refractivity contribution in [2.24, 2.45) is 0 Å². The molecule has 26 heavy (non-hydrogen) atoms. The van der Waals surface area contributed by atoms with Crippen molar-refractivity contribution >= 4 is 23.2 Å². The highest BCUT2D eigenvalue weighted by atomic mass is 35.5. The summed E-state index contributed by atoms with van der Waals surface area (Å²) in [7, 11) is 0. The van der Waals surface area contributed by atoms with Gasteiger partial charge in [-0.2, -0.15) is 0 Å². The monoisotopic (exact) mass is 375 g/mol. The van der Waals surface area contributed by atoms with Crippen molar-refractivity contribution in [3.63, 3.8) is 0 Å². The summed E-state index contributed by atoms with van der Waals surface area (Å²) < 4.78 is 27.6. The zero-order chi connectivity index (χ0) is 18.7. The molecular weight excluding hydrogens is 360 g/mol. The van der Waals surface area contributed by atoms with Crippen molar-refractivity contribution in [3.8, 4) is 11.4 Å². The van der Waals surface area contributed by atoms with Crippen LogP contribution in [-0.4, -0.2) is 15.9 Å². The van der Waals surface area contributed by atoms with Crippen molar-refractivity contribution in [3.05, 3.63) is 70.5 Å². The molecule has 0 aliphatic carbocycles. The Bertz CT molecular complexity index is 938. The van der Waals surface area contributed by atoms with E-state index in [1.165, 1.54) is 6.92 Å². The van der Waals surface area contributed by atoms with Gasteiger partial charge in [0, 0.05) is 46.7 Å². The third-order valence-corrected chi connectivity index (χ3v) is 4.11. The number of aryl methyl sites for hydroxylation is 1. The van der Waals surface area contributed by atoms with E-state index < -0.39 is 11.6 Å². The molecule has 4 nitrogen and oxygen atoms in total. The summed E-state index contributed by atoms with van der Waals surface area (Å²) in [4.78, 5) is 18.8. The molecule has 1 amide bonds. The van der Waals surface area contributed by atoms with Gasteiger partial charge >= 0.3 is 0 Å². The second-order valence-electron chi connectivity index (χ2n) is 5.86. The molecule has 134 valence electrons. The Balaban J connectivity index is 1.77. The fourth-order valence-electron chi connectivity index (χ4n) is 2.66. The number of hydrogen-bond donors (Lipinski definition) is 2. The summed E-state index contributed by atoms with van der Waals surface area (Å²) in [6.07, 6.45) is 2.41. The average molecular weight is 376 g/mol. The van der Waals surface area contributed by atoms with E-state index in [9.17, 15) is 13.6 Å². The lowest BCUT2D eigenvalue weighted by atomic mass is 10.0. The van der Waals surface area contributed by atoms with Crippen LogP contribution >= 0.6 is 11.6 Å². The van der Waals surface area contributed by atoms with Crippen molar-refractivity contribution in [1.29, 1.82) is 0 Å². The zero-order valence-corrected chi connectivity index (χ0v) is 14.7. The lowest BCUT2D eigenvalue weighted by molar-refractivity contribution is -0.114. The number of aromatic nitrogens is 2. The van der Waals surface area contributed by atoms with Gasteiger partial charge < -0.3 is 10.3 Å². The predicted molar refractivity (Wildman–Crippen MR) is 97.1 cm³/mol. The number of carbonyl (C=O) groups is 1. The smallest absolute Gasteiger partial charge is 0.221 e. The molecular formula is C19H16ClF2N3O. The van der Waals surface area contributed by atoms with Crippen LogP contribution in [0.3, 0.4) is 0 Å². The number of carbonyl (C=O) groups excluding carboxylic acids is 1. The number of benzene rings is 2. The first-order chi connectivity index (χ1) is 12.4. The Morgan fingerprint density at radius 3 is 2.62 bits per heavy atom. The number of aromatic amines is 1. The van der Waals surface area contributed by atoms with Gasteiger partial charge in [-0.25, -0.2) is 13.8 Å². The minimum absolute atomic E-state index is 0.146. The third kappa shape index (κ3) is 4.26. The van der Waals surface area contributed by atoms with E-state index in [-0.39, 0.29) is 23.6 Å². The molecule has 0 saturated heterocycles. The molecule has 0 unspecified atom stereocenters. The summed E-state index contributed by atoms with van der Waals surface area (Å²) in [5, 5.41) is 3.11. The summed E-state index contributed by atoms with van der Waals surface area (Å²) in [6.45, 7) is 1.29. The van der Waals surface area contributed by atoms with Gasteiger partial charge in [0.15, 0.2) is 0 Å². The molecule has 1 heterocycles. The topological polar surface area (TPSA) is 57.8 Å². The molecule has 0 saturated carbocycles. The van der Waals surface area contributed by atoms with E-state index in [1.54, 1.807) is 18.3 Å². The average Bonchev–Trinajstić information content (AvgIpc) is 3.03. The Kier molecular flexibility index (Phi) is 5.32. The van der Waals surface area contributed by atoms with Crippen LogP contribution in [0.5, 0.6) is 0 Å².